The number of fused-ring (bicyclic) bond motifs is 2. The third kappa shape index (κ3) is 6.43. The summed E-state index contributed by atoms with van der Waals surface area (Å²) >= 11 is 0. The van der Waals surface area contributed by atoms with E-state index in [9.17, 15) is 14.0 Å². The first-order chi connectivity index (χ1) is 17.7. The van der Waals surface area contributed by atoms with Gasteiger partial charge in [0.15, 0.2) is 0 Å². The maximum atomic E-state index is 13.6. The topological polar surface area (TPSA) is 85.7 Å². The molecule has 0 saturated heterocycles. The fourth-order valence-electron chi connectivity index (χ4n) is 4.72. The molecular weight excluding hydrogens is 509 g/mol. The molecule has 9 nitrogen and oxygen atoms in total. The molecule has 206 valence electrons. The molecule has 1 aliphatic heterocycles. The van der Waals surface area contributed by atoms with Crippen LogP contribution in [0.25, 0.3) is 10.9 Å². The van der Waals surface area contributed by atoms with Gasteiger partial charge in [-0.3, -0.25) is 19.3 Å². The van der Waals surface area contributed by atoms with Crippen molar-refractivity contribution in [3.63, 3.8) is 0 Å². The molecule has 0 aliphatic carbocycles. The number of nitrogens with one attached hydrogen (secondary N) is 2. The highest BCUT2D eigenvalue weighted by Gasteiger charge is 2.27. The molecule has 0 unspecified atom stereocenters. The van der Waals surface area contributed by atoms with E-state index in [0.717, 1.165) is 45.5 Å². The number of hydrogen-bond acceptors (Lipinski definition) is 6. The minimum Gasteiger partial charge on any atom is -0.376 e. The number of aryl methyl sites for hydroxylation is 3. The first kappa shape index (κ1) is 29.3. The Labute approximate surface area is 229 Å². The van der Waals surface area contributed by atoms with Gasteiger partial charge in [-0.05, 0) is 61.3 Å². The normalized spacial score (nSPS) is 12.8. The number of anilines is 1. The Morgan fingerprint density at radius 1 is 1.11 bits per heavy atom. The van der Waals surface area contributed by atoms with Crippen LogP contribution < -0.4 is 10.6 Å². The van der Waals surface area contributed by atoms with E-state index in [1.165, 1.54) is 12.1 Å². The van der Waals surface area contributed by atoms with Gasteiger partial charge in [-0.1, -0.05) is 13.0 Å². The van der Waals surface area contributed by atoms with Gasteiger partial charge in [0, 0.05) is 51.3 Å². The van der Waals surface area contributed by atoms with E-state index >= 15 is 0 Å². The number of likely N-dealkylation sites (N-methyl/N-ethyl adjacent to an activating group) is 2. The molecule has 1 aliphatic rings. The van der Waals surface area contributed by atoms with Crippen LogP contribution in [0.2, 0.25) is 0 Å². The van der Waals surface area contributed by atoms with Gasteiger partial charge in [0.2, 0.25) is 5.91 Å². The van der Waals surface area contributed by atoms with E-state index in [1.807, 2.05) is 43.6 Å². The number of amides is 2. The summed E-state index contributed by atoms with van der Waals surface area (Å²) in [6, 6.07) is 8.79. The third-order valence-corrected chi connectivity index (χ3v) is 6.96. The molecule has 1 aromatic heterocycles. The fraction of sp³-hybridized carbons (Fsp3) is 0.444. The van der Waals surface area contributed by atoms with Gasteiger partial charge in [-0.15, -0.1) is 12.4 Å². The Morgan fingerprint density at radius 2 is 1.84 bits per heavy atom. The van der Waals surface area contributed by atoms with E-state index in [-0.39, 0.29) is 43.1 Å². The highest BCUT2D eigenvalue weighted by molar-refractivity contribution is 5.89. The number of rotatable bonds is 10. The SMILES string of the molecule is CCNCCN(CC(=O)N(C)N1Cc2ccc(F)cc2C1)C(=O)CNc1cc2c(cc1C)c(C)nn2C.Cl. The second kappa shape index (κ2) is 12.6. The van der Waals surface area contributed by atoms with Crippen LogP contribution in [-0.2, 0) is 29.7 Å². The molecule has 0 radical (unpaired) electrons. The number of carbonyl (C=O) groups is 2. The molecule has 38 heavy (non-hydrogen) atoms. The van der Waals surface area contributed by atoms with Crippen LogP contribution >= 0.6 is 12.4 Å². The van der Waals surface area contributed by atoms with Gasteiger partial charge in [0.25, 0.3) is 5.91 Å². The molecule has 3 aromatic rings. The summed E-state index contributed by atoms with van der Waals surface area (Å²) in [5.74, 6) is -0.636. The van der Waals surface area contributed by atoms with Crippen LogP contribution in [0, 0.1) is 19.7 Å². The van der Waals surface area contributed by atoms with Gasteiger partial charge in [0.1, 0.15) is 12.4 Å². The van der Waals surface area contributed by atoms with Gasteiger partial charge in [0.05, 0.1) is 17.8 Å². The molecule has 2 amide bonds. The van der Waals surface area contributed by atoms with Crippen molar-refractivity contribution in [2.45, 2.75) is 33.9 Å². The second-order valence-corrected chi connectivity index (χ2v) is 9.57. The highest BCUT2D eigenvalue weighted by Crippen LogP contribution is 2.26. The lowest BCUT2D eigenvalue weighted by Gasteiger charge is -2.31. The van der Waals surface area contributed by atoms with Gasteiger partial charge < -0.3 is 15.5 Å². The molecule has 11 heteroatoms. The predicted octanol–water partition coefficient (Wildman–Crippen LogP) is 2.99. The number of hydrogen-bond donors (Lipinski definition) is 2. The van der Waals surface area contributed by atoms with Gasteiger partial charge >= 0.3 is 0 Å². The van der Waals surface area contributed by atoms with Crippen LogP contribution in [0.15, 0.2) is 30.3 Å². The van der Waals surface area contributed by atoms with Crippen molar-refractivity contribution in [3.8, 4) is 0 Å². The first-order valence-electron chi connectivity index (χ1n) is 12.6. The predicted molar refractivity (Wildman–Crippen MR) is 149 cm³/mol. The lowest BCUT2D eigenvalue weighted by Crippen LogP contribution is -2.49. The second-order valence-electron chi connectivity index (χ2n) is 9.57. The van der Waals surface area contributed by atoms with Gasteiger partial charge in [-0.25, -0.2) is 9.40 Å². The Kier molecular flexibility index (Phi) is 9.70. The summed E-state index contributed by atoms with van der Waals surface area (Å²) in [6.45, 7) is 8.78. The van der Waals surface area contributed by atoms with Crippen LogP contribution in [-0.4, -0.2) is 76.3 Å². The maximum Gasteiger partial charge on any atom is 0.256 e. The third-order valence-electron chi connectivity index (χ3n) is 6.96. The number of carbonyl (C=O) groups excluding carboxylic acids is 2. The molecule has 0 fully saturated rings. The minimum atomic E-state index is -0.282. The minimum absolute atomic E-state index is 0. The Hall–Kier alpha value is -3.21. The fourth-order valence-corrected chi connectivity index (χ4v) is 4.72. The van der Waals surface area contributed by atoms with E-state index < -0.39 is 0 Å². The van der Waals surface area contributed by atoms with Crippen LogP contribution in [0.4, 0.5) is 10.1 Å². The highest BCUT2D eigenvalue weighted by atomic mass is 35.5. The zero-order valence-electron chi connectivity index (χ0n) is 22.7. The van der Waals surface area contributed by atoms with E-state index in [4.69, 9.17) is 0 Å². The van der Waals surface area contributed by atoms with Gasteiger partial charge in [-0.2, -0.15) is 5.10 Å². The Morgan fingerprint density at radius 3 is 2.58 bits per heavy atom. The van der Waals surface area contributed by atoms with Crippen molar-refractivity contribution >= 4 is 40.8 Å². The van der Waals surface area contributed by atoms with E-state index in [1.54, 1.807) is 23.0 Å². The Balaban J connectivity index is 0.00000400. The molecule has 0 spiro atoms. The summed E-state index contributed by atoms with van der Waals surface area (Å²) in [6.07, 6.45) is 0. The van der Waals surface area contributed by atoms with Crippen molar-refractivity contribution in [3.05, 3.63) is 58.5 Å². The summed E-state index contributed by atoms with van der Waals surface area (Å²) in [7, 11) is 3.60. The zero-order chi connectivity index (χ0) is 26.7. The molecular formula is C27H37ClFN7O2. The smallest absolute Gasteiger partial charge is 0.256 e. The lowest BCUT2D eigenvalue weighted by molar-refractivity contribution is -0.151. The summed E-state index contributed by atoms with van der Waals surface area (Å²) in [4.78, 5) is 28.0. The van der Waals surface area contributed by atoms with Crippen molar-refractivity contribution in [1.82, 2.24) is 30.0 Å². The van der Waals surface area contributed by atoms with Crippen molar-refractivity contribution in [1.29, 1.82) is 0 Å². The first-order valence-corrected chi connectivity index (χ1v) is 12.6. The average Bonchev–Trinajstić information content (AvgIpc) is 3.40. The number of aromatic nitrogens is 2. The van der Waals surface area contributed by atoms with Crippen LogP contribution in [0.1, 0.15) is 29.3 Å². The standard InChI is InChI=1S/C27H36FN7O2.ClH/c1-6-29-9-10-34(17-27(37)33(5)35-15-20-7-8-22(28)12-21(20)16-35)26(36)14-30-24-13-25-23(11-18(24)2)19(3)31-32(25)4;/h7-8,11-13,29-30H,6,9-10,14-17H2,1-5H3;1H. The van der Waals surface area contributed by atoms with Crippen LogP contribution in [0.3, 0.4) is 0 Å². The van der Waals surface area contributed by atoms with Crippen molar-refractivity contribution in [2.24, 2.45) is 7.05 Å². The number of halogens is 2. The maximum absolute atomic E-state index is 13.6. The molecule has 0 atom stereocenters. The van der Waals surface area contributed by atoms with E-state index in [0.29, 0.717) is 26.2 Å². The Bertz CT molecular complexity index is 1310. The largest absolute Gasteiger partial charge is 0.376 e. The summed E-state index contributed by atoms with van der Waals surface area (Å²) in [5.41, 5.74) is 5.72. The molecule has 2 aromatic carbocycles. The molecule has 0 bridgehead atoms. The average molecular weight is 546 g/mol. The molecule has 2 heterocycles. The van der Waals surface area contributed by atoms with Crippen LogP contribution in [0.5, 0.6) is 0 Å². The summed E-state index contributed by atoms with van der Waals surface area (Å²) in [5, 5.41) is 15.5. The molecule has 0 saturated carbocycles. The summed E-state index contributed by atoms with van der Waals surface area (Å²) < 4.78 is 15.4. The number of hydrazine groups is 1. The van der Waals surface area contributed by atoms with E-state index in [2.05, 4.69) is 21.8 Å². The molecule has 2 N–H and O–H groups in total. The zero-order valence-corrected chi connectivity index (χ0v) is 23.5. The quantitative estimate of drug-likeness (QED) is 0.381. The van der Waals surface area contributed by atoms with Crippen molar-refractivity contribution in [2.75, 3.05) is 45.1 Å². The van der Waals surface area contributed by atoms with Crippen molar-refractivity contribution < 1.29 is 14.0 Å². The molecule has 4 rings (SSSR count). The monoisotopic (exact) mass is 545 g/mol. The number of benzene rings is 2. The lowest BCUT2D eigenvalue weighted by atomic mass is 10.1. The number of nitrogens with zero attached hydrogens (tertiary/aromatic N) is 5.